The SMILES string of the molecule is Cc1nc(-c2ccccc2)sc1CNC(=O)C=Cc1ccccn1. The molecule has 0 spiro atoms. The Balaban J connectivity index is 1.62. The Hall–Kier alpha value is -2.79. The monoisotopic (exact) mass is 335 g/mol. The summed E-state index contributed by atoms with van der Waals surface area (Å²) in [5.74, 6) is -0.144. The van der Waals surface area contributed by atoms with Crippen molar-refractivity contribution in [1.82, 2.24) is 15.3 Å². The van der Waals surface area contributed by atoms with Crippen LogP contribution >= 0.6 is 11.3 Å². The zero-order chi connectivity index (χ0) is 16.8. The third kappa shape index (κ3) is 4.14. The molecule has 5 heteroatoms. The van der Waals surface area contributed by atoms with Crippen LogP contribution in [0.1, 0.15) is 16.3 Å². The molecule has 1 N–H and O–H groups in total. The maximum atomic E-state index is 11.9. The molecule has 24 heavy (non-hydrogen) atoms. The second kappa shape index (κ2) is 7.66. The van der Waals surface area contributed by atoms with Crippen molar-refractivity contribution in [2.24, 2.45) is 0 Å². The van der Waals surface area contributed by atoms with Crippen molar-refractivity contribution in [3.63, 3.8) is 0 Å². The highest BCUT2D eigenvalue weighted by Gasteiger charge is 2.09. The van der Waals surface area contributed by atoms with E-state index in [4.69, 9.17) is 0 Å². The van der Waals surface area contributed by atoms with E-state index in [1.54, 1.807) is 23.6 Å². The molecule has 0 fully saturated rings. The molecule has 0 radical (unpaired) electrons. The number of nitrogens with zero attached hydrogens (tertiary/aromatic N) is 2. The zero-order valence-corrected chi connectivity index (χ0v) is 14.1. The smallest absolute Gasteiger partial charge is 0.244 e. The molecule has 0 unspecified atom stereocenters. The van der Waals surface area contributed by atoms with Gasteiger partial charge in [-0.25, -0.2) is 4.98 Å². The summed E-state index contributed by atoms with van der Waals surface area (Å²) in [6, 6.07) is 15.6. The summed E-state index contributed by atoms with van der Waals surface area (Å²) >= 11 is 1.61. The number of aryl methyl sites for hydroxylation is 1. The molecule has 0 aliphatic heterocycles. The first-order valence-corrected chi connectivity index (χ1v) is 8.43. The molecule has 0 atom stereocenters. The van der Waals surface area contributed by atoms with E-state index in [1.165, 1.54) is 6.08 Å². The first kappa shape index (κ1) is 16.1. The predicted molar refractivity (Wildman–Crippen MR) is 97.4 cm³/mol. The number of pyridine rings is 1. The summed E-state index contributed by atoms with van der Waals surface area (Å²) < 4.78 is 0. The summed E-state index contributed by atoms with van der Waals surface area (Å²) in [6.45, 7) is 2.44. The lowest BCUT2D eigenvalue weighted by atomic mass is 10.2. The summed E-state index contributed by atoms with van der Waals surface area (Å²) in [5, 5.41) is 3.87. The molecular weight excluding hydrogens is 318 g/mol. The van der Waals surface area contributed by atoms with E-state index in [-0.39, 0.29) is 5.91 Å². The molecule has 3 aromatic rings. The van der Waals surface area contributed by atoms with E-state index in [9.17, 15) is 4.79 Å². The van der Waals surface area contributed by atoms with E-state index in [2.05, 4.69) is 15.3 Å². The van der Waals surface area contributed by atoms with Crippen molar-refractivity contribution in [1.29, 1.82) is 0 Å². The number of benzene rings is 1. The minimum absolute atomic E-state index is 0.144. The third-order valence-corrected chi connectivity index (χ3v) is 4.64. The zero-order valence-electron chi connectivity index (χ0n) is 13.3. The molecule has 0 bridgehead atoms. The molecule has 2 heterocycles. The molecule has 3 rings (SSSR count). The highest BCUT2D eigenvalue weighted by molar-refractivity contribution is 7.15. The summed E-state index contributed by atoms with van der Waals surface area (Å²) in [7, 11) is 0. The summed E-state index contributed by atoms with van der Waals surface area (Å²) in [6.07, 6.45) is 4.89. The topological polar surface area (TPSA) is 54.9 Å². The van der Waals surface area contributed by atoms with Crippen LogP contribution in [-0.2, 0) is 11.3 Å². The minimum atomic E-state index is -0.144. The number of amides is 1. The molecule has 1 amide bonds. The average molecular weight is 335 g/mol. The number of nitrogens with one attached hydrogen (secondary N) is 1. The lowest BCUT2D eigenvalue weighted by Gasteiger charge is -2.00. The van der Waals surface area contributed by atoms with Crippen LogP contribution in [0.25, 0.3) is 16.6 Å². The molecule has 4 nitrogen and oxygen atoms in total. The third-order valence-electron chi connectivity index (χ3n) is 3.43. The Morgan fingerprint density at radius 3 is 2.71 bits per heavy atom. The first-order chi connectivity index (χ1) is 11.7. The number of rotatable bonds is 5. The fourth-order valence-corrected chi connectivity index (χ4v) is 3.17. The number of aromatic nitrogens is 2. The Bertz CT molecular complexity index is 842. The van der Waals surface area contributed by atoms with Crippen molar-refractivity contribution in [2.45, 2.75) is 13.5 Å². The fraction of sp³-hybridized carbons (Fsp3) is 0.105. The predicted octanol–water partition coefficient (Wildman–Crippen LogP) is 3.84. The number of thiazole rings is 1. The fourth-order valence-electron chi connectivity index (χ4n) is 2.16. The Morgan fingerprint density at radius 1 is 1.17 bits per heavy atom. The van der Waals surface area contributed by atoms with Gasteiger partial charge in [0.15, 0.2) is 0 Å². The quantitative estimate of drug-likeness (QED) is 0.721. The van der Waals surface area contributed by atoms with E-state index in [0.29, 0.717) is 6.54 Å². The molecule has 0 aliphatic carbocycles. The first-order valence-electron chi connectivity index (χ1n) is 7.61. The summed E-state index contributed by atoms with van der Waals surface area (Å²) in [4.78, 5) is 21.7. The van der Waals surface area contributed by atoms with Crippen LogP contribution < -0.4 is 5.32 Å². The standard InChI is InChI=1S/C19H17N3OS/c1-14-17(24-19(22-14)15-7-3-2-4-8-15)13-21-18(23)11-10-16-9-5-6-12-20-16/h2-12H,13H2,1H3,(H,21,23). The lowest BCUT2D eigenvalue weighted by molar-refractivity contribution is -0.116. The molecule has 0 aliphatic rings. The van der Waals surface area contributed by atoms with Gasteiger partial charge in [0.1, 0.15) is 5.01 Å². The van der Waals surface area contributed by atoms with Gasteiger partial charge in [-0.1, -0.05) is 36.4 Å². The Kier molecular flexibility index (Phi) is 5.13. The van der Waals surface area contributed by atoms with Crippen LogP contribution in [0.3, 0.4) is 0 Å². The number of carbonyl (C=O) groups excluding carboxylic acids is 1. The van der Waals surface area contributed by atoms with Gasteiger partial charge in [-0.2, -0.15) is 0 Å². The number of carbonyl (C=O) groups is 1. The minimum Gasteiger partial charge on any atom is -0.348 e. The molecule has 0 saturated carbocycles. The molecule has 2 aromatic heterocycles. The maximum Gasteiger partial charge on any atom is 0.244 e. The van der Waals surface area contributed by atoms with Crippen LogP contribution in [0.5, 0.6) is 0 Å². The van der Waals surface area contributed by atoms with E-state index < -0.39 is 0 Å². The summed E-state index contributed by atoms with van der Waals surface area (Å²) in [5.41, 5.74) is 2.80. The van der Waals surface area contributed by atoms with Crippen LogP contribution in [0.4, 0.5) is 0 Å². The molecular formula is C19H17N3OS. The lowest BCUT2D eigenvalue weighted by Crippen LogP contribution is -2.20. The second-order valence-corrected chi connectivity index (χ2v) is 6.28. The van der Waals surface area contributed by atoms with Gasteiger partial charge in [-0.15, -0.1) is 11.3 Å². The van der Waals surface area contributed by atoms with Crippen LogP contribution in [0.2, 0.25) is 0 Å². The van der Waals surface area contributed by atoms with Gasteiger partial charge in [0.05, 0.1) is 17.9 Å². The average Bonchev–Trinajstić information content (AvgIpc) is 3.01. The Labute approximate surface area is 144 Å². The van der Waals surface area contributed by atoms with E-state index in [1.807, 2.05) is 55.5 Å². The van der Waals surface area contributed by atoms with Crippen molar-refractivity contribution in [3.05, 3.63) is 77.1 Å². The van der Waals surface area contributed by atoms with Gasteiger partial charge in [0, 0.05) is 22.7 Å². The normalized spacial score (nSPS) is 10.9. The van der Waals surface area contributed by atoms with Crippen molar-refractivity contribution in [2.75, 3.05) is 0 Å². The van der Waals surface area contributed by atoms with Gasteiger partial charge >= 0.3 is 0 Å². The highest BCUT2D eigenvalue weighted by Crippen LogP contribution is 2.27. The van der Waals surface area contributed by atoms with Crippen molar-refractivity contribution in [3.8, 4) is 10.6 Å². The van der Waals surface area contributed by atoms with Gasteiger partial charge in [0.2, 0.25) is 5.91 Å². The van der Waals surface area contributed by atoms with E-state index in [0.717, 1.165) is 26.8 Å². The molecule has 0 saturated heterocycles. The van der Waals surface area contributed by atoms with Crippen LogP contribution in [0.15, 0.2) is 60.8 Å². The van der Waals surface area contributed by atoms with Gasteiger partial charge < -0.3 is 5.32 Å². The van der Waals surface area contributed by atoms with Crippen molar-refractivity contribution < 1.29 is 4.79 Å². The van der Waals surface area contributed by atoms with Crippen LogP contribution in [0, 0.1) is 6.92 Å². The second-order valence-electron chi connectivity index (χ2n) is 5.20. The largest absolute Gasteiger partial charge is 0.348 e. The molecule has 120 valence electrons. The van der Waals surface area contributed by atoms with Crippen LogP contribution in [-0.4, -0.2) is 15.9 Å². The Morgan fingerprint density at radius 2 is 1.96 bits per heavy atom. The maximum absolute atomic E-state index is 11.9. The number of hydrogen-bond donors (Lipinski definition) is 1. The van der Waals surface area contributed by atoms with E-state index >= 15 is 0 Å². The van der Waals surface area contributed by atoms with Gasteiger partial charge in [-0.3, -0.25) is 9.78 Å². The van der Waals surface area contributed by atoms with Gasteiger partial charge in [-0.05, 0) is 25.1 Å². The highest BCUT2D eigenvalue weighted by atomic mass is 32.1. The van der Waals surface area contributed by atoms with Gasteiger partial charge in [0.25, 0.3) is 0 Å². The number of hydrogen-bond acceptors (Lipinski definition) is 4. The molecule has 1 aromatic carbocycles. The van der Waals surface area contributed by atoms with Crippen molar-refractivity contribution >= 4 is 23.3 Å².